The van der Waals surface area contributed by atoms with Crippen molar-refractivity contribution >= 4 is 35.1 Å². The van der Waals surface area contributed by atoms with Gasteiger partial charge in [0.2, 0.25) is 11.0 Å². The molecule has 3 aliphatic rings. The molecule has 0 saturated carbocycles. The van der Waals surface area contributed by atoms with Gasteiger partial charge in [0.1, 0.15) is 16.2 Å². The van der Waals surface area contributed by atoms with E-state index in [9.17, 15) is 19.7 Å². The number of morpholine rings is 1. The van der Waals surface area contributed by atoms with E-state index in [0.717, 1.165) is 11.3 Å². The summed E-state index contributed by atoms with van der Waals surface area (Å²) in [6, 6.07) is 9.17. The number of nitro groups is 1. The van der Waals surface area contributed by atoms with Gasteiger partial charge in [-0.15, -0.1) is 0 Å². The molecule has 1 amide bonds. The zero-order chi connectivity index (χ0) is 24.5. The minimum Gasteiger partial charge on any atom is -0.457 e. The maximum atomic E-state index is 12.6. The van der Waals surface area contributed by atoms with Crippen LogP contribution in [0, 0.1) is 15.5 Å². The van der Waals surface area contributed by atoms with Crippen molar-refractivity contribution in [2.24, 2.45) is 0 Å². The van der Waals surface area contributed by atoms with Crippen LogP contribution in [0.5, 0.6) is 0 Å². The lowest BCUT2D eigenvalue weighted by molar-refractivity contribution is -0.384. The molecule has 35 heavy (non-hydrogen) atoms. The number of H-pyrrole nitrogens is 1. The molecule has 2 N–H and O–H groups in total. The Labute approximate surface area is 200 Å². The number of nitrogens with one attached hydrogen (secondary N) is 2. The topological polar surface area (TPSA) is 160 Å². The second-order valence-electron chi connectivity index (χ2n) is 7.61. The van der Waals surface area contributed by atoms with E-state index in [4.69, 9.17) is 14.6 Å². The van der Waals surface area contributed by atoms with E-state index in [1.165, 1.54) is 29.0 Å². The summed E-state index contributed by atoms with van der Waals surface area (Å²) in [5, 5.41) is 22.5. The molecule has 13 heteroatoms. The highest BCUT2D eigenvalue weighted by Gasteiger charge is 2.16. The largest absolute Gasteiger partial charge is 0.457 e. The lowest BCUT2D eigenvalue weighted by Crippen LogP contribution is -2.47. The second kappa shape index (κ2) is 9.12. The van der Waals surface area contributed by atoms with Crippen LogP contribution in [0.25, 0.3) is 28.6 Å². The van der Waals surface area contributed by atoms with Gasteiger partial charge in [-0.2, -0.15) is 4.98 Å². The summed E-state index contributed by atoms with van der Waals surface area (Å²) in [6.07, 6.45) is 2.83. The van der Waals surface area contributed by atoms with E-state index >= 15 is 0 Å². The summed E-state index contributed by atoms with van der Waals surface area (Å²) < 4.78 is 12.8. The van der Waals surface area contributed by atoms with Crippen molar-refractivity contribution < 1.29 is 18.9 Å². The Morgan fingerprint density at radius 2 is 1.94 bits per heavy atom. The Morgan fingerprint density at radius 3 is 2.66 bits per heavy atom. The molecular weight excluding hydrogens is 476 g/mol. The lowest BCUT2D eigenvalue weighted by Gasteiger charge is -2.25. The first-order valence-electron chi connectivity index (χ1n) is 10.5. The highest BCUT2D eigenvalue weighted by atomic mass is 32.1. The Kier molecular flexibility index (Phi) is 5.84. The highest BCUT2D eigenvalue weighted by molar-refractivity contribution is 7.11. The third-order valence-corrected chi connectivity index (χ3v) is 6.26. The first-order valence-corrected chi connectivity index (χ1v) is 11.3. The Balaban J connectivity index is 1.49. The number of carbonyl (C=O) groups is 1. The monoisotopic (exact) mass is 494 g/mol. The van der Waals surface area contributed by atoms with Crippen LogP contribution in [0.1, 0.15) is 5.76 Å². The average molecular weight is 494 g/mol. The zero-order valence-electron chi connectivity index (χ0n) is 18.1. The molecule has 0 aliphatic carbocycles. The molecule has 0 bridgehead atoms. The smallest absolute Gasteiger partial charge is 0.283 e. The number of nitrogens with zero attached hydrogens (tertiary/aromatic N) is 4. The number of carbonyl (C=O) groups excluding carboxylic acids is 1. The standard InChI is InChI=1S/C22H18N6O6S/c23-20-16(11-15-5-6-17(34-15)13-1-3-14(4-2-13)28(31)32)21(30)24-22-27(20)25-18(35-22)12-19(29)26-7-9-33-10-8-26/h1-6,11-12,23,25H,7-10H2/b16-11-,18-12+,23-20?. The van der Waals surface area contributed by atoms with Gasteiger partial charge in [0.05, 0.1) is 23.4 Å². The summed E-state index contributed by atoms with van der Waals surface area (Å²) >= 11 is 1.09. The normalized spacial score (nSPS) is 15.1. The van der Waals surface area contributed by atoms with Gasteiger partial charge in [0.25, 0.3) is 11.2 Å². The van der Waals surface area contributed by atoms with E-state index in [1.54, 1.807) is 29.2 Å². The predicted molar refractivity (Wildman–Crippen MR) is 125 cm³/mol. The molecule has 12 nitrogen and oxygen atoms in total. The molecule has 0 unspecified atom stereocenters. The number of nitro benzene ring substituents is 1. The van der Waals surface area contributed by atoms with Crippen LogP contribution < -0.4 is 20.9 Å². The molecule has 1 aromatic heterocycles. The van der Waals surface area contributed by atoms with Gasteiger partial charge in [0.15, 0.2) is 5.49 Å². The van der Waals surface area contributed by atoms with E-state index in [0.29, 0.717) is 48.1 Å². The Hall–Kier alpha value is -4.36. The molecule has 0 spiro atoms. The summed E-state index contributed by atoms with van der Waals surface area (Å²) in [5.41, 5.74) is -0.149. The molecule has 1 aromatic carbocycles. The number of furan rings is 1. The van der Waals surface area contributed by atoms with Crippen molar-refractivity contribution in [3.8, 4) is 16.5 Å². The zero-order valence-corrected chi connectivity index (χ0v) is 18.9. The van der Waals surface area contributed by atoms with Crippen molar-refractivity contribution in [1.82, 2.24) is 19.7 Å². The Bertz CT molecular complexity index is 1620. The summed E-state index contributed by atoms with van der Waals surface area (Å²) in [7, 11) is 0. The van der Waals surface area contributed by atoms with Crippen molar-refractivity contribution in [2.45, 2.75) is 0 Å². The highest BCUT2D eigenvalue weighted by Crippen LogP contribution is 2.24. The lowest BCUT2D eigenvalue weighted by atomic mass is 10.1. The maximum Gasteiger partial charge on any atom is 0.283 e. The Morgan fingerprint density at radius 1 is 1.20 bits per heavy atom. The first-order chi connectivity index (χ1) is 16.9. The SMILES string of the molecule is N=c1/c(=C/c2ccc(-c3ccc([N+](=O)[O-])cc3)o2)c(=O)nc2s/c(=C/C(=O)N3CCOCC3)[nH]n1-2. The van der Waals surface area contributed by atoms with Gasteiger partial charge in [-0.25, -0.2) is 4.68 Å². The quantitative estimate of drug-likeness (QED) is 0.302. The van der Waals surface area contributed by atoms with Gasteiger partial charge in [-0.3, -0.25) is 30.2 Å². The minimum absolute atomic E-state index is 0.00667. The van der Waals surface area contributed by atoms with Crippen LogP contribution in [-0.4, -0.2) is 56.8 Å². The van der Waals surface area contributed by atoms with Crippen molar-refractivity contribution in [3.05, 3.63) is 78.0 Å². The molecule has 2 aromatic rings. The average Bonchev–Trinajstić information content (AvgIpc) is 3.49. The van der Waals surface area contributed by atoms with Gasteiger partial charge in [-0.05, 0) is 30.3 Å². The van der Waals surface area contributed by atoms with E-state index in [-0.39, 0.29) is 27.4 Å². The molecular formula is C22H18N6O6S. The number of non-ortho nitro benzene ring substituents is 1. The number of benzene rings is 1. The van der Waals surface area contributed by atoms with Crippen LogP contribution in [0.2, 0.25) is 0 Å². The van der Waals surface area contributed by atoms with Crippen LogP contribution in [0.15, 0.2) is 45.6 Å². The van der Waals surface area contributed by atoms with Gasteiger partial charge < -0.3 is 14.1 Å². The van der Waals surface area contributed by atoms with E-state index in [1.807, 2.05) is 0 Å². The van der Waals surface area contributed by atoms with Crippen molar-refractivity contribution in [1.29, 1.82) is 5.41 Å². The molecule has 3 aliphatic heterocycles. The van der Waals surface area contributed by atoms with Crippen LogP contribution >= 0.6 is 11.3 Å². The molecule has 1 fully saturated rings. The number of rotatable bonds is 4. The number of fused-ring (bicyclic) bond motifs is 1. The van der Waals surface area contributed by atoms with Crippen LogP contribution in [0.4, 0.5) is 5.69 Å². The van der Waals surface area contributed by atoms with Gasteiger partial charge >= 0.3 is 0 Å². The summed E-state index contributed by atoms with van der Waals surface area (Å²) in [4.78, 5) is 41.2. The number of ether oxygens (including phenoxy) is 1. The fourth-order valence-corrected chi connectivity index (χ4v) is 4.42. The summed E-state index contributed by atoms with van der Waals surface area (Å²) in [6.45, 7) is 1.98. The molecule has 178 valence electrons. The van der Waals surface area contributed by atoms with E-state index < -0.39 is 10.5 Å². The summed E-state index contributed by atoms with van der Waals surface area (Å²) in [5.74, 6) is 0.578. The third kappa shape index (κ3) is 4.54. The predicted octanol–water partition coefficient (Wildman–Crippen LogP) is 0.176. The number of hydrogen-bond donors (Lipinski definition) is 2. The molecule has 0 radical (unpaired) electrons. The van der Waals surface area contributed by atoms with Crippen molar-refractivity contribution in [3.63, 3.8) is 0 Å². The third-order valence-electron chi connectivity index (χ3n) is 5.37. The first kappa shape index (κ1) is 22.4. The fraction of sp³-hybridized carbons (Fsp3) is 0.182. The minimum atomic E-state index is -0.607. The van der Waals surface area contributed by atoms with Gasteiger partial charge in [0, 0.05) is 36.9 Å². The van der Waals surface area contributed by atoms with Crippen LogP contribution in [-0.2, 0) is 9.53 Å². The number of hydrogen-bond acceptors (Lipinski definition) is 9. The fourth-order valence-electron chi connectivity index (χ4n) is 3.57. The number of aromatic amines is 1. The molecule has 5 rings (SSSR count). The maximum absolute atomic E-state index is 12.6. The van der Waals surface area contributed by atoms with E-state index in [2.05, 4.69) is 10.1 Å². The van der Waals surface area contributed by atoms with Gasteiger partial charge in [-0.1, -0.05) is 11.3 Å². The van der Waals surface area contributed by atoms with Crippen LogP contribution in [0.3, 0.4) is 0 Å². The molecule has 0 atom stereocenters. The molecule has 1 saturated heterocycles. The molecule has 4 heterocycles. The number of aromatic nitrogens is 3. The second-order valence-corrected chi connectivity index (χ2v) is 8.62. The van der Waals surface area contributed by atoms with Crippen molar-refractivity contribution in [2.75, 3.05) is 26.3 Å². The number of amides is 1.